The van der Waals surface area contributed by atoms with Gasteiger partial charge in [-0.15, -0.1) is 0 Å². The Balaban J connectivity index is 1.85. The molecule has 2 aromatic rings. The summed E-state index contributed by atoms with van der Waals surface area (Å²) < 4.78 is 40.9. The third kappa shape index (κ3) is 3.23. The van der Waals surface area contributed by atoms with Crippen molar-refractivity contribution in [3.63, 3.8) is 0 Å². The maximum atomic E-state index is 14.2. The Hall–Kier alpha value is -2.67. The van der Waals surface area contributed by atoms with Crippen LogP contribution in [-0.2, 0) is 4.79 Å². The highest BCUT2D eigenvalue weighted by Crippen LogP contribution is 2.35. The van der Waals surface area contributed by atoms with Gasteiger partial charge in [0.2, 0.25) is 0 Å². The van der Waals surface area contributed by atoms with E-state index < -0.39 is 23.5 Å². The molecule has 0 spiro atoms. The largest absolute Gasteiger partial charge is 0.338 e. The van der Waals surface area contributed by atoms with E-state index in [0.29, 0.717) is 42.2 Å². The predicted octanol–water partition coefficient (Wildman–Crippen LogP) is 4.04. The van der Waals surface area contributed by atoms with Gasteiger partial charge in [0.25, 0.3) is 0 Å². The fourth-order valence-corrected chi connectivity index (χ4v) is 3.61. The zero-order valence-corrected chi connectivity index (χ0v) is 14.7. The van der Waals surface area contributed by atoms with Crippen molar-refractivity contribution in [1.82, 2.24) is 10.3 Å². The summed E-state index contributed by atoms with van der Waals surface area (Å²) >= 11 is 6.18. The lowest BCUT2D eigenvalue weighted by Gasteiger charge is -2.30. The zero-order valence-electron chi connectivity index (χ0n) is 13.9. The van der Waals surface area contributed by atoms with Crippen LogP contribution in [0.1, 0.15) is 30.5 Å². The summed E-state index contributed by atoms with van der Waals surface area (Å²) in [6.45, 7) is 0. The molecular weight excluding hydrogens is 379 g/mol. The quantitative estimate of drug-likeness (QED) is 0.840. The SMILES string of the molecule is O=C1CCCC2N=C(c3ncc(F)cc3F)NC(c3ccc(F)cc3Cl)=C12. The number of pyridine rings is 1. The lowest BCUT2D eigenvalue weighted by atomic mass is 9.85. The molecule has 0 radical (unpaired) electrons. The van der Waals surface area contributed by atoms with E-state index in [4.69, 9.17) is 11.6 Å². The van der Waals surface area contributed by atoms with Gasteiger partial charge in [0.15, 0.2) is 17.4 Å². The first kappa shape index (κ1) is 17.7. The fraction of sp³-hybridized carbons (Fsp3) is 0.211. The number of carbonyl (C=O) groups is 1. The zero-order chi connectivity index (χ0) is 19.1. The number of amidine groups is 1. The van der Waals surface area contributed by atoms with Crippen LogP contribution in [0, 0.1) is 17.5 Å². The van der Waals surface area contributed by atoms with Gasteiger partial charge in [0, 0.05) is 23.6 Å². The number of ketones is 1. The van der Waals surface area contributed by atoms with Gasteiger partial charge >= 0.3 is 0 Å². The predicted molar refractivity (Wildman–Crippen MR) is 94.8 cm³/mol. The molecule has 1 aliphatic carbocycles. The minimum absolute atomic E-state index is 0.0753. The Morgan fingerprint density at radius 3 is 2.70 bits per heavy atom. The van der Waals surface area contributed by atoms with Crippen LogP contribution in [0.4, 0.5) is 13.2 Å². The van der Waals surface area contributed by atoms with Crippen molar-refractivity contribution >= 4 is 28.9 Å². The number of hydrogen-bond donors (Lipinski definition) is 1. The van der Waals surface area contributed by atoms with Gasteiger partial charge in [-0.1, -0.05) is 11.6 Å². The summed E-state index contributed by atoms with van der Waals surface area (Å²) in [5, 5.41) is 3.02. The van der Waals surface area contributed by atoms with Gasteiger partial charge < -0.3 is 5.32 Å². The van der Waals surface area contributed by atoms with E-state index in [-0.39, 0.29) is 22.3 Å². The summed E-state index contributed by atoms with van der Waals surface area (Å²) in [4.78, 5) is 20.7. The molecule has 138 valence electrons. The summed E-state index contributed by atoms with van der Waals surface area (Å²) in [6.07, 6.45) is 2.49. The van der Waals surface area contributed by atoms with Gasteiger partial charge in [-0.25, -0.2) is 18.2 Å². The van der Waals surface area contributed by atoms with Crippen molar-refractivity contribution in [2.45, 2.75) is 25.3 Å². The Bertz CT molecular complexity index is 1020. The highest BCUT2D eigenvalue weighted by Gasteiger charge is 2.34. The standard InChI is InChI=1S/C19H13ClF3N3O/c20-12-6-9(21)4-5-11(12)17-16-14(2-1-3-15(16)27)25-19(26-17)18-13(23)7-10(22)8-24-18/h4-8,14H,1-3H2,(H,25,26). The van der Waals surface area contributed by atoms with Crippen molar-refractivity contribution in [1.29, 1.82) is 0 Å². The number of fused-ring (bicyclic) bond motifs is 1. The molecule has 0 saturated heterocycles. The smallest absolute Gasteiger partial charge is 0.163 e. The van der Waals surface area contributed by atoms with Crippen LogP contribution in [0.2, 0.25) is 5.02 Å². The first-order chi connectivity index (χ1) is 12.9. The van der Waals surface area contributed by atoms with Gasteiger partial charge in [-0.3, -0.25) is 9.79 Å². The van der Waals surface area contributed by atoms with Gasteiger partial charge in [-0.05, 0) is 31.0 Å². The first-order valence-corrected chi connectivity index (χ1v) is 8.71. The van der Waals surface area contributed by atoms with Crippen molar-refractivity contribution in [3.8, 4) is 0 Å². The van der Waals surface area contributed by atoms with E-state index in [2.05, 4.69) is 15.3 Å². The highest BCUT2D eigenvalue weighted by atomic mass is 35.5. The monoisotopic (exact) mass is 391 g/mol. The Morgan fingerprint density at radius 1 is 1.15 bits per heavy atom. The molecule has 2 aliphatic rings. The van der Waals surface area contributed by atoms with Crippen LogP contribution in [0.25, 0.3) is 5.70 Å². The number of aliphatic imine (C=N–C) groups is 1. The van der Waals surface area contributed by atoms with Crippen molar-refractivity contribution < 1.29 is 18.0 Å². The number of rotatable bonds is 2. The average Bonchev–Trinajstić information content (AvgIpc) is 2.61. The molecule has 1 aromatic heterocycles. The van der Waals surface area contributed by atoms with E-state index in [1.54, 1.807) is 0 Å². The molecule has 4 nitrogen and oxygen atoms in total. The maximum absolute atomic E-state index is 14.2. The molecular formula is C19H13ClF3N3O. The molecule has 0 amide bonds. The Kier molecular flexibility index (Phi) is 4.47. The normalized spacial score (nSPS) is 19.5. The summed E-state index contributed by atoms with van der Waals surface area (Å²) in [7, 11) is 0. The number of nitrogens with one attached hydrogen (secondary N) is 1. The van der Waals surface area contributed by atoms with E-state index >= 15 is 0 Å². The van der Waals surface area contributed by atoms with Crippen LogP contribution in [0.5, 0.6) is 0 Å². The van der Waals surface area contributed by atoms with Crippen molar-refractivity contribution in [2.75, 3.05) is 0 Å². The summed E-state index contributed by atoms with van der Waals surface area (Å²) in [5.74, 6) is -2.22. The average molecular weight is 392 g/mol. The molecule has 8 heteroatoms. The molecule has 27 heavy (non-hydrogen) atoms. The second-order valence-electron chi connectivity index (χ2n) is 6.33. The maximum Gasteiger partial charge on any atom is 0.163 e. The molecule has 4 rings (SSSR count). The molecule has 1 atom stereocenters. The van der Waals surface area contributed by atoms with Crippen LogP contribution in [-0.4, -0.2) is 22.6 Å². The van der Waals surface area contributed by atoms with Gasteiger partial charge in [0.05, 0.1) is 23.0 Å². The lowest BCUT2D eigenvalue weighted by Crippen LogP contribution is -2.38. The Morgan fingerprint density at radius 2 is 1.96 bits per heavy atom. The second-order valence-corrected chi connectivity index (χ2v) is 6.74. The number of aromatic nitrogens is 1. The first-order valence-electron chi connectivity index (χ1n) is 8.33. The molecule has 1 fully saturated rings. The van der Waals surface area contributed by atoms with E-state index in [1.165, 1.54) is 12.1 Å². The molecule has 1 aromatic carbocycles. The fourth-order valence-electron chi connectivity index (χ4n) is 3.34. The summed E-state index contributed by atoms with van der Waals surface area (Å²) in [6, 6.07) is 4.02. The number of carbonyl (C=O) groups excluding carboxylic acids is 1. The van der Waals surface area contributed by atoms with E-state index in [1.807, 2.05) is 0 Å². The van der Waals surface area contributed by atoms with Crippen LogP contribution >= 0.6 is 11.6 Å². The molecule has 2 heterocycles. The number of benzene rings is 1. The van der Waals surface area contributed by atoms with E-state index in [9.17, 15) is 18.0 Å². The highest BCUT2D eigenvalue weighted by molar-refractivity contribution is 6.33. The molecule has 1 saturated carbocycles. The van der Waals surface area contributed by atoms with Gasteiger partial charge in [-0.2, -0.15) is 0 Å². The van der Waals surface area contributed by atoms with Crippen molar-refractivity contribution in [2.24, 2.45) is 4.99 Å². The lowest BCUT2D eigenvalue weighted by molar-refractivity contribution is -0.116. The topological polar surface area (TPSA) is 54.4 Å². The second kappa shape index (κ2) is 6.81. The van der Waals surface area contributed by atoms with Gasteiger partial charge in [0.1, 0.15) is 17.3 Å². The number of Topliss-reactive ketones (excluding diaryl/α,β-unsaturated/α-hetero) is 1. The van der Waals surface area contributed by atoms with Crippen LogP contribution in [0.3, 0.4) is 0 Å². The third-order valence-corrected chi connectivity index (χ3v) is 4.86. The molecule has 0 bridgehead atoms. The molecule has 1 aliphatic heterocycles. The van der Waals surface area contributed by atoms with Crippen LogP contribution in [0.15, 0.2) is 41.0 Å². The minimum atomic E-state index is -0.878. The summed E-state index contributed by atoms with van der Waals surface area (Å²) in [5.41, 5.74) is 1.03. The van der Waals surface area contributed by atoms with E-state index in [0.717, 1.165) is 12.3 Å². The third-order valence-electron chi connectivity index (χ3n) is 4.55. The number of halogens is 4. The minimum Gasteiger partial charge on any atom is -0.338 e. The number of hydrogen-bond acceptors (Lipinski definition) is 4. The molecule has 1 unspecified atom stereocenters. The molecule has 1 N–H and O–H groups in total. The Labute approximate surface area is 157 Å². The number of nitrogens with zero attached hydrogens (tertiary/aromatic N) is 2. The van der Waals surface area contributed by atoms with Crippen molar-refractivity contribution in [3.05, 3.63) is 69.8 Å². The van der Waals surface area contributed by atoms with Crippen LogP contribution < -0.4 is 5.32 Å².